The van der Waals surface area contributed by atoms with Crippen LogP contribution in [0.15, 0.2) is 58.5 Å². The molecule has 0 radical (unpaired) electrons. The molecule has 0 bridgehead atoms. The Morgan fingerprint density at radius 2 is 1.81 bits per heavy atom. The molecule has 2 aromatic carbocycles. The highest BCUT2D eigenvalue weighted by molar-refractivity contribution is 7.91. The van der Waals surface area contributed by atoms with Gasteiger partial charge in [0.05, 0.1) is 9.92 Å². The van der Waals surface area contributed by atoms with Crippen molar-refractivity contribution >= 4 is 42.4 Å². The second kappa shape index (κ2) is 7.03. The molecule has 0 saturated carbocycles. The average Bonchev–Trinajstić information content (AvgIpc) is 2.97. The Morgan fingerprint density at radius 1 is 1.08 bits per heavy atom. The number of para-hydroxylation sites is 1. The maximum absolute atomic E-state index is 12.5. The third kappa shape index (κ3) is 3.93. The molecule has 0 aliphatic carbocycles. The van der Waals surface area contributed by atoms with E-state index < -0.39 is 19.9 Å². The van der Waals surface area contributed by atoms with Crippen LogP contribution in [0.5, 0.6) is 0 Å². The summed E-state index contributed by atoms with van der Waals surface area (Å²) in [6.07, 6.45) is 3.33. The number of halogens is 1. The fourth-order valence-corrected chi connectivity index (χ4v) is 4.93. The minimum atomic E-state index is -3.94. The number of H-pyrrole nitrogens is 1. The molecule has 3 aromatic rings. The summed E-state index contributed by atoms with van der Waals surface area (Å²) < 4.78 is 50.8. The third-order valence-corrected chi connectivity index (χ3v) is 7.03. The molecule has 1 heterocycles. The smallest absolute Gasteiger partial charge is 0.242 e. The number of benzene rings is 2. The van der Waals surface area contributed by atoms with E-state index >= 15 is 0 Å². The predicted octanol–water partition coefficient (Wildman–Crippen LogP) is 2.75. The first kappa shape index (κ1) is 18.9. The first-order chi connectivity index (χ1) is 12.2. The molecule has 0 aliphatic rings. The van der Waals surface area contributed by atoms with Gasteiger partial charge < -0.3 is 4.98 Å². The molecule has 0 spiro atoms. The largest absolute Gasteiger partial charge is 0.361 e. The molecule has 9 heteroatoms. The van der Waals surface area contributed by atoms with Crippen LogP contribution in [0.2, 0.25) is 5.02 Å². The van der Waals surface area contributed by atoms with Crippen LogP contribution in [-0.2, 0) is 26.3 Å². The van der Waals surface area contributed by atoms with Gasteiger partial charge in [0.2, 0.25) is 10.0 Å². The Bertz CT molecular complexity index is 1170. The minimum Gasteiger partial charge on any atom is -0.361 e. The van der Waals surface area contributed by atoms with Crippen molar-refractivity contribution in [2.75, 3.05) is 12.8 Å². The Labute approximate surface area is 157 Å². The molecular formula is C17H17ClN2O4S2. The topological polar surface area (TPSA) is 96.1 Å². The Morgan fingerprint density at radius 3 is 2.54 bits per heavy atom. The maximum atomic E-state index is 12.5. The molecule has 3 rings (SSSR count). The molecule has 2 N–H and O–H groups in total. The van der Waals surface area contributed by atoms with Crippen LogP contribution in [0.25, 0.3) is 10.9 Å². The standard InChI is InChI=1S/C17H17ClN2O4S2/c1-25(21,22)13-6-7-15(18)17(10-13)26(23,24)20-9-8-12-11-19-16-5-3-2-4-14(12)16/h2-7,10-11,19-20H,8-9H2,1H3. The monoisotopic (exact) mass is 412 g/mol. The van der Waals surface area contributed by atoms with Gasteiger partial charge in [-0.1, -0.05) is 29.8 Å². The van der Waals surface area contributed by atoms with Gasteiger partial charge in [-0.25, -0.2) is 21.6 Å². The zero-order chi connectivity index (χ0) is 18.9. The summed E-state index contributed by atoms with van der Waals surface area (Å²) in [6.45, 7) is 0.156. The van der Waals surface area contributed by atoms with Crippen molar-refractivity contribution in [2.24, 2.45) is 0 Å². The second-order valence-electron chi connectivity index (χ2n) is 5.87. The Balaban J connectivity index is 1.79. The number of nitrogens with one attached hydrogen (secondary N) is 2. The van der Waals surface area contributed by atoms with Crippen molar-refractivity contribution in [3.63, 3.8) is 0 Å². The van der Waals surface area contributed by atoms with Crippen LogP contribution in [0.3, 0.4) is 0 Å². The van der Waals surface area contributed by atoms with Crippen molar-refractivity contribution in [2.45, 2.75) is 16.2 Å². The summed E-state index contributed by atoms with van der Waals surface area (Å²) in [7, 11) is -7.47. The van der Waals surface area contributed by atoms with E-state index in [1.54, 1.807) is 0 Å². The molecule has 0 fully saturated rings. The van der Waals surface area contributed by atoms with E-state index in [0.29, 0.717) is 6.42 Å². The summed E-state index contributed by atoms with van der Waals surface area (Å²) in [4.78, 5) is 2.79. The van der Waals surface area contributed by atoms with Gasteiger partial charge >= 0.3 is 0 Å². The lowest BCUT2D eigenvalue weighted by Gasteiger charge is -2.09. The highest BCUT2D eigenvalue weighted by Gasteiger charge is 2.20. The zero-order valence-electron chi connectivity index (χ0n) is 13.9. The van der Waals surface area contributed by atoms with Crippen molar-refractivity contribution < 1.29 is 16.8 Å². The zero-order valence-corrected chi connectivity index (χ0v) is 16.2. The molecule has 1 aromatic heterocycles. The van der Waals surface area contributed by atoms with Crippen LogP contribution in [0.1, 0.15) is 5.56 Å². The van der Waals surface area contributed by atoms with Gasteiger partial charge in [0, 0.05) is 29.9 Å². The van der Waals surface area contributed by atoms with Gasteiger partial charge in [0.1, 0.15) is 4.90 Å². The van der Waals surface area contributed by atoms with Crippen molar-refractivity contribution in [1.82, 2.24) is 9.71 Å². The van der Waals surface area contributed by atoms with E-state index in [1.165, 1.54) is 12.1 Å². The number of hydrogen-bond acceptors (Lipinski definition) is 4. The molecule has 0 saturated heterocycles. The minimum absolute atomic E-state index is 0.0306. The number of fused-ring (bicyclic) bond motifs is 1. The molecule has 6 nitrogen and oxygen atoms in total. The van der Waals surface area contributed by atoms with Gasteiger partial charge in [-0.3, -0.25) is 0 Å². The first-order valence-electron chi connectivity index (χ1n) is 7.73. The first-order valence-corrected chi connectivity index (χ1v) is 11.5. The van der Waals surface area contributed by atoms with E-state index in [1.807, 2.05) is 30.5 Å². The van der Waals surface area contributed by atoms with E-state index in [4.69, 9.17) is 11.6 Å². The number of aromatic nitrogens is 1. The number of rotatable bonds is 6. The fraction of sp³-hybridized carbons (Fsp3) is 0.176. The summed E-state index contributed by atoms with van der Waals surface area (Å²) in [6, 6.07) is 11.4. The van der Waals surface area contributed by atoms with Crippen LogP contribution >= 0.6 is 11.6 Å². The fourth-order valence-electron chi connectivity index (χ4n) is 2.66. The van der Waals surface area contributed by atoms with Crippen LogP contribution in [-0.4, -0.2) is 34.6 Å². The molecule has 0 amide bonds. The third-order valence-electron chi connectivity index (χ3n) is 3.98. The van der Waals surface area contributed by atoms with Gasteiger partial charge in [-0.15, -0.1) is 0 Å². The second-order valence-corrected chi connectivity index (χ2v) is 10.0. The summed E-state index contributed by atoms with van der Waals surface area (Å²) >= 11 is 5.97. The van der Waals surface area contributed by atoms with E-state index in [-0.39, 0.29) is 21.4 Å². The SMILES string of the molecule is CS(=O)(=O)c1ccc(Cl)c(S(=O)(=O)NCCc2c[nH]c3ccccc23)c1. The molecule has 0 aliphatic heterocycles. The molecular weight excluding hydrogens is 396 g/mol. The quantitative estimate of drug-likeness (QED) is 0.650. The van der Waals surface area contributed by atoms with E-state index in [0.717, 1.165) is 28.8 Å². The summed E-state index contributed by atoms with van der Waals surface area (Å²) in [5.41, 5.74) is 1.97. The molecule has 0 unspecified atom stereocenters. The van der Waals surface area contributed by atoms with Crippen molar-refractivity contribution in [1.29, 1.82) is 0 Å². The normalized spacial score (nSPS) is 12.5. The summed E-state index contributed by atoms with van der Waals surface area (Å²) in [5.74, 6) is 0. The van der Waals surface area contributed by atoms with Gasteiger partial charge in [0.25, 0.3) is 0 Å². The molecule has 26 heavy (non-hydrogen) atoms. The lowest BCUT2D eigenvalue weighted by Crippen LogP contribution is -2.26. The van der Waals surface area contributed by atoms with Crippen molar-refractivity contribution in [3.8, 4) is 0 Å². The van der Waals surface area contributed by atoms with E-state index in [9.17, 15) is 16.8 Å². The van der Waals surface area contributed by atoms with E-state index in [2.05, 4.69) is 9.71 Å². The number of sulfone groups is 1. The molecule has 0 atom stereocenters. The highest BCUT2D eigenvalue weighted by Crippen LogP contribution is 2.25. The van der Waals surface area contributed by atoms with Crippen LogP contribution in [0.4, 0.5) is 0 Å². The average molecular weight is 413 g/mol. The van der Waals surface area contributed by atoms with Gasteiger partial charge in [-0.05, 0) is 36.2 Å². The Kier molecular flexibility index (Phi) is 5.12. The van der Waals surface area contributed by atoms with Gasteiger partial charge in [0.15, 0.2) is 9.84 Å². The van der Waals surface area contributed by atoms with Crippen molar-refractivity contribution in [3.05, 3.63) is 59.2 Å². The maximum Gasteiger partial charge on any atom is 0.242 e. The summed E-state index contributed by atoms with van der Waals surface area (Å²) in [5, 5.41) is 1.00. The highest BCUT2D eigenvalue weighted by atomic mass is 35.5. The lowest BCUT2D eigenvalue weighted by atomic mass is 10.1. The molecule has 138 valence electrons. The Hall–Kier alpha value is -1.87. The van der Waals surface area contributed by atoms with Gasteiger partial charge in [-0.2, -0.15) is 0 Å². The van der Waals surface area contributed by atoms with Crippen LogP contribution in [0, 0.1) is 0 Å². The number of hydrogen-bond donors (Lipinski definition) is 2. The number of aromatic amines is 1. The number of sulfonamides is 1. The van der Waals surface area contributed by atoms with Crippen LogP contribution < -0.4 is 4.72 Å². The lowest BCUT2D eigenvalue weighted by molar-refractivity contribution is 0.581. The predicted molar refractivity (Wildman–Crippen MR) is 102 cm³/mol.